The molecule has 0 aliphatic heterocycles. The van der Waals surface area contributed by atoms with Gasteiger partial charge in [-0.1, -0.05) is 202 Å². The Morgan fingerprint density at radius 3 is 1.51 bits per heavy atom. The third-order valence-corrected chi connectivity index (χ3v) is 15.1. The number of hydrogen-bond acceptors (Lipinski definition) is 2. The summed E-state index contributed by atoms with van der Waals surface area (Å²) in [7, 11) is 0. The summed E-state index contributed by atoms with van der Waals surface area (Å²) in [6.07, 6.45) is 0. The van der Waals surface area contributed by atoms with Crippen LogP contribution in [0.25, 0.3) is 111 Å². The molecule has 69 heavy (non-hydrogen) atoms. The fourth-order valence-corrected chi connectivity index (χ4v) is 11.6. The summed E-state index contributed by atoms with van der Waals surface area (Å²) in [6.45, 7) is 4.76. The molecule has 0 spiro atoms. The topological polar surface area (TPSA) is 16.4 Å². The van der Waals surface area contributed by atoms with Gasteiger partial charge < -0.3 is 9.32 Å². The third kappa shape index (κ3) is 6.12. The molecule has 0 atom stereocenters. The lowest BCUT2D eigenvalue weighted by Crippen LogP contribution is -2.16. The number of fused-ring (bicyclic) bond motifs is 9. The summed E-state index contributed by atoms with van der Waals surface area (Å²) in [5, 5.41) is 4.92. The number of nitrogens with zero attached hydrogens (tertiary/aromatic N) is 1. The van der Waals surface area contributed by atoms with Crippen molar-refractivity contribution in [3.63, 3.8) is 0 Å². The molecule has 0 amide bonds. The molecule has 324 valence electrons. The second-order valence-corrected chi connectivity index (χ2v) is 19.2. The molecule has 0 saturated heterocycles. The molecular formula is C67H45NO. The van der Waals surface area contributed by atoms with Crippen molar-refractivity contribution in [3.8, 4) is 77.9 Å². The van der Waals surface area contributed by atoms with Gasteiger partial charge in [0.05, 0.1) is 0 Å². The summed E-state index contributed by atoms with van der Waals surface area (Å²) >= 11 is 0. The Bertz CT molecular complexity index is 3980. The van der Waals surface area contributed by atoms with Gasteiger partial charge in [-0.3, -0.25) is 0 Å². The summed E-state index contributed by atoms with van der Waals surface area (Å²) in [5.74, 6) is 0. The molecule has 2 aliphatic carbocycles. The van der Waals surface area contributed by atoms with Crippen molar-refractivity contribution in [2.45, 2.75) is 19.3 Å². The molecular weight excluding hydrogens is 835 g/mol. The molecule has 2 aliphatic rings. The van der Waals surface area contributed by atoms with E-state index >= 15 is 0 Å². The SMILES string of the molecule is CC1(C)c2cc(-c3ccccc3)ccc2-c2ccc(N(c3ccc(-c4ccc(-c5cccc6c5oc5ccccc56)cc4)cc3)c3ccc(-c4ccc5c6c(cccc46)-c4ccccc4-5)cc3)cc21. The van der Waals surface area contributed by atoms with E-state index in [1.54, 1.807) is 0 Å². The fourth-order valence-electron chi connectivity index (χ4n) is 11.6. The van der Waals surface area contributed by atoms with Crippen molar-refractivity contribution in [1.82, 2.24) is 0 Å². The number of benzene rings is 11. The third-order valence-electron chi connectivity index (χ3n) is 15.1. The standard InChI is InChI=1S/C67H45NO/c1-67(2)62-40-47(42-12-4-3-5-13-42)30-36-55(62)56-37-35-50(41-63(56)67)68(49-33-28-45(29-34-49)51-38-39-60-54-15-7-6-14-53(54)59-19-11-18-58(51)65(59)60)48-31-26-44(27-32-48)43-22-24-46(25-23-43)52-17-10-20-61-57-16-8-9-21-64(57)69-66(52)61/h3-41H,1-2H3. The second kappa shape index (κ2) is 15.2. The molecule has 0 bridgehead atoms. The van der Waals surface area contributed by atoms with Crippen LogP contribution < -0.4 is 4.90 Å². The molecule has 14 rings (SSSR count). The summed E-state index contributed by atoms with van der Waals surface area (Å²) in [5.41, 5.74) is 25.1. The van der Waals surface area contributed by atoms with E-state index in [1.807, 2.05) is 12.1 Å². The van der Waals surface area contributed by atoms with Crippen LogP contribution in [0.2, 0.25) is 0 Å². The lowest BCUT2D eigenvalue weighted by Gasteiger charge is -2.28. The predicted octanol–water partition coefficient (Wildman–Crippen LogP) is 18.8. The molecule has 0 fully saturated rings. The maximum Gasteiger partial charge on any atom is 0.143 e. The zero-order valence-electron chi connectivity index (χ0n) is 38.4. The minimum atomic E-state index is -0.192. The van der Waals surface area contributed by atoms with Gasteiger partial charge >= 0.3 is 0 Å². The van der Waals surface area contributed by atoms with Crippen LogP contribution in [0.4, 0.5) is 17.1 Å². The van der Waals surface area contributed by atoms with E-state index in [9.17, 15) is 0 Å². The maximum atomic E-state index is 6.40. The molecule has 0 N–H and O–H groups in total. The van der Waals surface area contributed by atoms with E-state index in [-0.39, 0.29) is 5.41 Å². The van der Waals surface area contributed by atoms with Gasteiger partial charge in [-0.25, -0.2) is 0 Å². The largest absolute Gasteiger partial charge is 0.455 e. The van der Waals surface area contributed by atoms with Crippen LogP contribution >= 0.6 is 0 Å². The van der Waals surface area contributed by atoms with E-state index in [0.717, 1.165) is 55.7 Å². The summed E-state index contributed by atoms with van der Waals surface area (Å²) in [4.78, 5) is 2.42. The molecule has 2 heteroatoms. The van der Waals surface area contributed by atoms with E-state index in [4.69, 9.17) is 4.42 Å². The van der Waals surface area contributed by atoms with Crippen LogP contribution in [0.1, 0.15) is 25.0 Å². The fraction of sp³-hybridized carbons (Fsp3) is 0.0448. The monoisotopic (exact) mass is 879 g/mol. The van der Waals surface area contributed by atoms with Gasteiger partial charge in [0.25, 0.3) is 0 Å². The second-order valence-electron chi connectivity index (χ2n) is 19.2. The van der Waals surface area contributed by atoms with Crippen LogP contribution in [-0.2, 0) is 5.41 Å². The van der Waals surface area contributed by atoms with Crippen molar-refractivity contribution in [1.29, 1.82) is 0 Å². The Kier molecular flexibility index (Phi) is 8.66. The number of para-hydroxylation sites is 2. The minimum Gasteiger partial charge on any atom is -0.455 e. The summed E-state index contributed by atoms with van der Waals surface area (Å²) < 4.78 is 6.40. The van der Waals surface area contributed by atoms with Gasteiger partial charge in [-0.05, 0) is 143 Å². The molecule has 11 aromatic carbocycles. The van der Waals surface area contributed by atoms with Gasteiger partial charge in [-0.2, -0.15) is 0 Å². The first-order chi connectivity index (χ1) is 34.0. The molecule has 1 aromatic heterocycles. The number of rotatable bonds is 7. The average Bonchev–Trinajstić information content (AvgIpc) is 4.03. The Hall–Kier alpha value is -8.72. The zero-order valence-corrected chi connectivity index (χ0v) is 38.4. The molecule has 12 aromatic rings. The smallest absolute Gasteiger partial charge is 0.143 e. The van der Waals surface area contributed by atoms with E-state index in [1.165, 1.54) is 83.1 Å². The van der Waals surface area contributed by atoms with Crippen LogP contribution in [0.5, 0.6) is 0 Å². The minimum absolute atomic E-state index is 0.192. The molecule has 1 heterocycles. The Balaban J connectivity index is 0.841. The highest BCUT2D eigenvalue weighted by molar-refractivity contribution is 6.18. The average molecular weight is 880 g/mol. The van der Waals surface area contributed by atoms with Crippen LogP contribution in [0.3, 0.4) is 0 Å². The van der Waals surface area contributed by atoms with Gasteiger partial charge in [0, 0.05) is 38.8 Å². The first kappa shape index (κ1) is 39.4. The molecule has 0 saturated carbocycles. The number of furan rings is 1. The first-order valence-corrected chi connectivity index (χ1v) is 24.0. The van der Waals surface area contributed by atoms with E-state index in [2.05, 4.69) is 243 Å². The predicted molar refractivity (Wildman–Crippen MR) is 290 cm³/mol. The van der Waals surface area contributed by atoms with Crippen molar-refractivity contribution in [3.05, 3.63) is 248 Å². The van der Waals surface area contributed by atoms with Crippen molar-refractivity contribution < 1.29 is 4.42 Å². The highest BCUT2D eigenvalue weighted by Crippen LogP contribution is 2.53. The highest BCUT2D eigenvalue weighted by atomic mass is 16.3. The normalized spacial score (nSPS) is 12.9. The quantitative estimate of drug-likeness (QED) is 0.159. The van der Waals surface area contributed by atoms with E-state index < -0.39 is 0 Å². The van der Waals surface area contributed by atoms with Crippen LogP contribution in [0, 0.1) is 0 Å². The van der Waals surface area contributed by atoms with Crippen LogP contribution in [-0.4, -0.2) is 0 Å². The lowest BCUT2D eigenvalue weighted by molar-refractivity contribution is 0.660. The summed E-state index contributed by atoms with van der Waals surface area (Å²) in [6, 6.07) is 86.8. The zero-order chi connectivity index (χ0) is 45.8. The maximum absolute atomic E-state index is 6.40. The van der Waals surface area contributed by atoms with Gasteiger partial charge in [0.1, 0.15) is 11.2 Å². The number of anilines is 3. The first-order valence-electron chi connectivity index (χ1n) is 24.0. The Labute approximate surface area is 402 Å². The van der Waals surface area contributed by atoms with Gasteiger partial charge in [0.15, 0.2) is 0 Å². The van der Waals surface area contributed by atoms with Crippen molar-refractivity contribution >= 4 is 49.8 Å². The van der Waals surface area contributed by atoms with Gasteiger partial charge in [-0.15, -0.1) is 0 Å². The van der Waals surface area contributed by atoms with E-state index in [0.29, 0.717) is 0 Å². The van der Waals surface area contributed by atoms with Crippen molar-refractivity contribution in [2.75, 3.05) is 4.90 Å². The highest BCUT2D eigenvalue weighted by Gasteiger charge is 2.36. The lowest BCUT2D eigenvalue weighted by atomic mass is 9.81. The number of hydrogen-bond donors (Lipinski definition) is 0. The van der Waals surface area contributed by atoms with Crippen LogP contribution in [0.15, 0.2) is 241 Å². The Morgan fingerprint density at radius 1 is 0.304 bits per heavy atom. The molecule has 0 unspecified atom stereocenters. The van der Waals surface area contributed by atoms with Gasteiger partial charge in [0.2, 0.25) is 0 Å². The molecule has 2 nitrogen and oxygen atoms in total. The molecule has 0 radical (unpaired) electrons. The van der Waals surface area contributed by atoms with Crippen molar-refractivity contribution in [2.24, 2.45) is 0 Å². The Morgan fingerprint density at radius 2 is 0.768 bits per heavy atom.